The lowest BCUT2D eigenvalue weighted by atomic mass is 9.87. The van der Waals surface area contributed by atoms with Gasteiger partial charge in [-0.1, -0.05) is 104 Å². The normalized spacial score (nSPS) is 11.7. The van der Waals surface area contributed by atoms with Crippen molar-refractivity contribution in [3.8, 4) is 17.1 Å². The monoisotopic (exact) mass is 517 g/mol. The quantitative estimate of drug-likeness (QED) is 0.174. The van der Waals surface area contributed by atoms with Crippen LogP contribution in [0.5, 0.6) is 0 Å². The zero-order valence-electron chi connectivity index (χ0n) is 20.7. The number of carbonyl (C=O) groups is 1. The lowest BCUT2D eigenvalue weighted by Gasteiger charge is -2.19. The van der Waals surface area contributed by atoms with Gasteiger partial charge < -0.3 is 0 Å². The second-order valence-corrected chi connectivity index (χ2v) is 10.8. The van der Waals surface area contributed by atoms with Crippen LogP contribution >= 0.6 is 23.4 Å². The molecule has 36 heavy (non-hydrogen) atoms. The van der Waals surface area contributed by atoms with Crippen LogP contribution in [0.25, 0.3) is 17.1 Å². The van der Waals surface area contributed by atoms with Gasteiger partial charge >= 0.3 is 0 Å². The van der Waals surface area contributed by atoms with E-state index < -0.39 is 0 Å². The molecule has 1 heterocycles. The van der Waals surface area contributed by atoms with Crippen LogP contribution in [-0.2, 0) is 10.2 Å². The lowest BCUT2D eigenvalue weighted by molar-refractivity contribution is -0.118. The van der Waals surface area contributed by atoms with Gasteiger partial charge in [-0.05, 0) is 36.1 Å². The highest BCUT2D eigenvalue weighted by molar-refractivity contribution is 7.99. The molecular weight excluding hydrogens is 490 g/mol. The molecule has 6 nitrogen and oxygen atoms in total. The standard InChI is InChI=1S/C28H28ClN5OS/c1-19-9-15-23(16-10-19)34-26(20-11-13-22(14-12-20)28(2,3)4)32-33-27(34)36-18-25(35)31-30-17-21-7-5-6-8-24(21)29/h5-17H,18H2,1-4H3,(H,31,35)/b30-17-. The van der Waals surface area contributed by atoms with E-state index in [1.807, 2.05) is 54.0 Å². The number of hydrogen-bond acceptors (Lipinski definition) is 5. The number of hydrogen-bond donors (Lipinski definition) is 1. The molecule has 0 atom stereocenters. The molecule has 0 fully saturated rings. The molecule has 8 heteroatoms. The molecule has 0 aliphatic rings. The Morgan fingerprint density at radius 2 is 1.72 bits per heavy atom. The smallest absolute Gasteiger partial charge is 0.250 e. The van der Waals surface area contributed by atoms with Crippen molar-refractivity contribution in [1.82, 2.24) is 20.2 Å². The maximum absolute atomic E-state index is 12.5. The summed E-state index contributed by atoms with van der Waals surface area (Å²) in [5.41, 5.74) is 7.63. The molecule has 1 aromatic heterocycles. The van der Waals surface area contributed by atoms with E-state index in [1.54, 1.807) is 6.07 Å². The summed E-state index contributed by atoms with van der Waals surface area (Å²) in [7, 11) is 0. The fourth-order valence-electron chi connectivity index (χ4n) is 3.51. The first-order chi connectivity index (χ1) is 17.2. The third-order valence-corrected chi connectivity index (χ3v) is 6.84. The van der Waals surface area contributed by atoms with Gasteiger partial charge in [0.15, 0.2) is 11.0 Å². The fraction of sp³-hybridized carbons (Fsp3) is 0.214. The minimum absolute atomic E-state index is 0.0614. The van der Waals surface area contributed by atoms with Crippen LogP contribution in [0.3, 0.4) is 0 Å². The number of halogens is 1. The molecule has 0 aliphatic carbocycles. The largest absolute Gasteiger partial charge is 0.272 e. The summed E-state index contributed by atoms with van der Waals surface area (Å²) in [4.78, 5) is 12.5. The number of hydrazone groups is 1. The first-order valence-electron chi connectivity index (χ1n) is 11.5. The van der Waals surface area contributed by atoms with Crippen molar-refractivity contribution in [2.45, 2.75) is 38.3 Å². The van der Waals surface area contributed by atoms with Crippen molar-refractivity contribution in [1.29, 1.82) is 0 Å². The Hall–Kier alpha value is -3.42. The molecule has 3 aromatic carbocycles. The summed E-state index contributed by atoms with van der Waals surface area (Å²) in [6.07, 6.45) is 1.53. The average Bonchev–Trinajstić information content (AvgIpc) is 3.28. The Labute approximate surface area is 220 Å². The number of benzene rings is 3. The van der Waals surface area contributed by atoms with E-state index in [0.717, 1.165) is 28.2 Å². The fourth-order valence-corrected chi connectivity index (χ4v) is 4.44. The van der Waals surface area contributed by atoms with Gasteiger partial charge in [0.1, 0.15) is 0 Å². The van der Waals surface area contributed by atoms with Gasteiger partial charge in [0.25, 0.3) is 5.91 Å². The Kier molecular flexibility index (Phi) is 7.91. The van der Waals surface area contributed by atoms with E-state index in [4.69, 9.17) is 11.6 Å². The van der Waals surface area contributed by atoms with Crippen LogP contribution in [0.1, 0.15) is 37.5 Å². The van der Waals surface area contributed by atoms with Crippen LogP contribution in [0, 0.1) is 6.92 Å². The second kappa shape index (κ2) is 11.1. The number of aryl methyl sites for hydroxylation is 1. The molecular formula is C28H28ClN5OS. The number of nitrogens with one attached hydrogen (secondary N) is 1. The molecule has 0 bridgehead atoms. The zero-order chi connectivity index (χ0) is 25.7. The molecule has 0 radical (unpaired) electrons. The number of thioether (sulfide) groups is 1. The summed E-state index contributed by atoms with van der Waals surface area (Å²) in [5, 5.41) is 14.1. The van der Waals surface area contributed by atoms with Crippen molar-refractivity contribution < 1.29 is 4.79 Å². The van der Waals surface area contributed by atoms with Crippen molar-refractivity contribution in [3.05, 3.63) is 94.5 Å². The van der Waals surface area contributed by atoms with E-state index in [9.17, 15) is 4.79 Å². The molecule has 4 rings (SSSR count). The van der Waals surface area contributed by atoms with Gasteiger partial charge in [-0.2, -0.15) is 5.10 Å². The number of aromatic nitrogens is 3. The molecule has 0 spiro atoms. The van der Waals surface area contributed by atoms with Gasteiger partial charge in [0.05, 0.1) is 12.0 Å². The van der Waals surface area contributed by atoms with E-state index in [1.165, 1.54) is 23.5 Å². The van der Waals surface area contributed by atoms with Crippen LogP contribution in [0.2, 0.25) is 5.02 Å². The summed E-state index contributed by atoms with van der Waals surface area (Å²) in [5.74, 6) is 0.601. The second-order valence-electron chi connectivity index (χ2n) is 9.41. The van der Waals surface area contributed by atoms with E-state index in [-0.39, 0.29) is 17.1 Å². The third-order valence-electron chi connectivity index (χ3n) is 5.57. The van der Waals surface area contributed by atoms with Crippen molar-refractivity contribution in [2.75, 3.05) is 5.75 Å². The van der Waals surface area contributed by atoms with Gasteiger partial charge in [0, 0.05) is 21.8 Å². The molecule has 0 aliphatic heterocycles. The molecule has 1 amide bonds. The maximum Gasteiger partial charge on any atom is 0.250 e. The third kappa shape index (κ3) is 6.22. The molecule has 0 saturated carbocycles. The van der Waals surface area contributed by atoms with Crippen molar-refractivity contribution in [3.63, 3.8) is 0 Å². The summed E-state index contributed by atoms with van der Waals surface area (Å²) in [6, 6.07) is 23.8. The highest BCUT2D eigenvalue weighted by Crippen LogP contribution is 2.30. The van der Waals surface area contributed by atoms with E-state index in [0.29, 0.717) is 10.2 Å². The van der Waals surface area contributed by atoms with Gasteiger partial charge in [0.2, 0.25) is 0 Å². The Morgan fingerprint density at radius 3 is 2.39 bits per heavy atom. The average molecular weight is 518 g/mol. The summed E-state index contributed by atoms with van der Waals surface area (Å²) in [6.45, 7) is 8.62. The Morgan fingerprint density at radius 1 is 1.03 bits per heavy atom. The minimum Gasteiger partial charge on any atom is -0.272 e. The van der Waals surface area contributed by atoms with Crippen molar-refractivity contribution >= 4 is 35.5 Å². The van der Waals surface area contributed by atoms with E-state index >= 15 is 0 Å². The predicted octanol–water partition coefficient (Wildman–Crippen LogP) is 6.44. The first kappa shape index (κ1) is 25.7. The molecule has 4 aromatic rings. The van der Waals surface area contributed by atoms with Crippen LogP contribution in [0.4, 0.5) is 0 Å². The lowest BCUT2D eigenvalue weighted by Crippen LogP contribution is -2.20. The van der Waals surface area contributed by atoms with Gasteiger partial charge in [-0.3, -0.25) is 9.36 Å². The van der Waals surface area contributed by atoms with Gasteiger partial charge in [-0.25, -0.2) is 5.43 Å². The Bertz CT molecular complexity index is 1370. The minimum atomic E-state index is -0.252. The maximum atomic E-state index is 12.5. The zero-order valence-corrected chi connectivity index (χ0v) is 22.3. The highest BCUT2D eigenvalue weighted by atomic mass is 35.5. The number of rotatable bonds is 7. The summed E-state index contributed by atoms with van der Waals surface area (Å²) >= 11 is 7.43. The highest BCUT2D eigenvalue weighted by Gasteiger charge is 2.19. The molecule has 184 valence electrons. The van der Waals surface area contributed by atoms with Crippen molar-refractivity contribution in [2.24, 2.45) is 5.10 Å². The first-order valence-corrected chi connectivity index (χ1v) is 12.9. The number of nitrogens with zero attached hydrogens (tertiary/aromatic N) is 4. The van der Waals surface area contributed by atoms with E-state index in [2.05, 4.69) is 65.8 Å². The van der Waals surface area contributed by atoms with Crippen LogP contribution in [-0.4, -0.2) is 32.6 Å². The molecule has 0 unspecified atom stereocenters. The predicted molar refractivity (Wildman–Crippen MR) is 148 cm³/mol. The van der Waals surface area contributed by atoms with Crippen LogP contribution < -0.4 is 5.43 Å². The summed E-state index contributed by atoms with van der Waals surface area (Å²) < 4.78 is 1.98. The molecule has 0 saturated heterocycles. The number of amides is 1. The Balaban J connectivity index is 1.55. The topological polar surface area (TPSA) is 72.2 Å². The number of carbonyl (C=O) groups excluding carboxylic acids is 1. The van der Waals surface area contributed by atoms with Gasteiger partial charge in [-0.15, -0.1) is 10.2 Å². The SMILES string of the molecule is Cc1ccc(-n2c(SCC(=O)N/N=C\c3ccccc3Cl)nnc2-c2ccc(C(C)(C)C)cc2)cc1. The van der Waals surface area contributed by atoms with Crippen LogP contribution in [0.15, 0.2) is 83.1 Å². The molecule has 1 N–H and O–H groups in total.